The fourth-order valence-corrected chi connectivity index (χ4v) is 3.44. The molecule has 0 spiro atoms. The maximum Gasteiger partial charge on any atom is 0.344 e. The molecule has 1 fully saturated rings. The van der Waals surface area contributed by atoms with Gasteiger partial charge in [0.2, 0.25) is 18.0 Å². The Labute approximate surface area is 156 Å². The van der Waals surface area contributed by atoms with Gasteiger partial charge in [-0.25, -0.2) is 4.79 Å². The Hall–Kier alpha value is -2.81. The van der Waals surface area contributed by atoms with Gasteiger partial charge >= 0.3 is 5.97 Å². The van der Waals surface area contributed by atoms with Gasteiger partial charge in [0, 0.05) is 25.6 Å². The Morgan fingerprint density at radius 3 is 2.70 bits per heavy atom. The number of ether oxygens (including phenoxy) is 4. The summed E-state index contributed by atoms with van der Waals surface area (Å²) in [6, 6.07) is 2.57. The van der Waals surface area contributed by atoms with E-state index in [4.69, 9.17) is 18.9 Å². The van der Waals surface area contributed by atoms with Crippen molar-refractivity contribution in [2.75, 3.05) is 34.5 Å². The van der Waals surface area contributed by atoms with Gasteiger partial charge < -0.3 is 24.3 Å². The number of fused-ring (bicyclic) bond motifs is 1. The van der Waals surface area contributed by atoms with E-state index in [9.17, 15) is 14.4 Å². The van der Waals surface area contributed by atoms with Gasteiger partial charge in [0.15, 0.2) is 11.5 Å². The molecular formula is C18H22N2O7. The van der Waals surface area contributed by atoms with Crippen LogP contribution >= 0.6 is 0 Å². The van der Waals surface area contributed by atoms with E-state index >= 15 is 0 Å². The van der Waals surface area contributed by atoms with Gasteiger partial charge in [0.25, 0.3) is 0 Å². The average molecular weight is 378 g/mol. The van der Waals surface area contributed by atoms with Crippen LogP contribution in [0.5, 0.6) is 11.5 Å². The zero-order valence-electron chi connectivity index (χ0n) is 15.4. The first-order valence-electron chi connectivity index (χ1n) is 8.57. The zero-order valence-corrected chi connectivity index (χ0v) is 15.4. The lowest BCUT2D eigenvalue weighted by atomic mass is 10.1. The smallest absolute Gasteiger partial charge is 0.344 e. The lowest BCUT2D eigenvalue weighted by Gasteiger charge is -2.29. The molecule has 0 saturated carbocycles. The highest BCUT2D eigenvalue weighted by Gasteiger charge is 2.47. The van der Waals surface area contributed by atoms with E-state index in [2.05, 4.69) is 5.32 Å². The van der Waals surface area contributed by atoms with Crippen molar-refractivity contribution in [3.05, 3.63) is 23.3 Å². The van der Waals surface area contributed by atoms with E-state index in [0.717, 1.165) is 0 Å². The lowest BCUT2D eigenvalue weighted by Crippen LogP contribution is -2.47. The highest BCUT2D eigenvalue weighted by Crippen LogP contribution is 2.45. The number of carbonyl (C=O) groups is 3. The SMILES string of the molecule is COCCNC(=O)[C@@H]1CCC(=O)N1[C@@H]1OC(=O)c2c1ccc(OC)c2OC. The van der Waals surface area contributed by atoms with Gasteiger partial charge in [0.1, 0.15) is 11.6 Å². The molecule has 2 aliphatic heterocycles. The van der Waals surface area contributed by atoms with E-state index in [1.165, 1.54) is 26.2 Å². The molecule has 2 heterocycles. The molecule has 1 N–H and O–H groups in total. The second-order valence-corrected chi connectivity index (χ2v) is 6.16. The Balaban J connectivity index is 1.91. The van der Waals surface area contributed by atoms with Crippen molar-refractivity contribution in [2.24, 2.45) is 0 Å². The normalized spacial score (nSPS) is 21.1. The molecule has 0 unspecified atom stereocenters. The Morgan fingerprint density at radius 1 is 1.26 bits per heavy atom. The van der Waals surface area contributed by atoms with Crippen LogP contribution in [0.3, 0.4) is 0 Å². The first-order valence-corrected chi connectivity index (χ1v) is 8.57. The molecule has 1 aromatic rings. The molecule has 0 aromatic heterocycles. The summed E-state index contributed by atoms with van der Waals surface area (Å²) in [5, 5.41) is 2.73. The van der Waals surface area contributed by atoms with Crippen LogP contribution in [0.1, 0.15) is 35.0 Å². The van der Waals surface area contributed by atoms with Crippen LogP contribution in [0.25, 0.3) is 0 Å². The highest BCUT2D eigenvalue weighted by atomic mass is 16.6. The summed E-state index contributed by atoms with van der Waals surface area (Å²) >= 11 is 0. The molecule has 9 nitrogen and oxygen atoms in total. The molecule has 2 amide bonds. The third-order valence-corrected chi connectivity index (χ3v) is 4.68. The standard InChI is InChI=1S/C18H22N2O7/c1-24-9-8-19-16(22)11-5-7-13(21)20(11)17-10-4-6-12(25-2)15(26-3)14(10)18(23)27-17/h4,6,11,17H,5,7-9H2,1-3H3,(H,19,22)/t11-,17+/m0/s1. The number of likely N-dealkylation sites (tertiary alicyclic amines) is 1. The van der Waals surface area contributed by atoms with Crippen molar-refractivity contribution in [1.29, 1.82) is 0 Å². The van der Waals surface area contributed by atoms with E-state index in [1.54, 1.807) is 12.1 Å². The predicted octanol–water partition coefficient (Wildman–Crippen LogP) is 0.626. The quantitative estimate of drug-likeness (QED) is 0.548. The second-order valence-electron chi connectivity index (χ2n) is 6.16. The summed E-state index contributed by atoms with van der Waals surface area (Å²) in [6.45, 7) is 0.699. The molecular weight excluding hydrogens is 356 g/mol. The molecule has 1 saturated heterocycles. The molecule has 2 aliphatic rings. The van der Waals surface area contributed by atoms with Crippen molar-refractivity contribution in [3.8, 4) is 11.5 Å². The molecule has 146 valence electrons. The fraction of sp³-hybridized carbons (Fsp3) is 0.500. The number of methoxy groups -OCH3 is 3. The molecule has 0 aliphatic carbocycles. The number of rotatable bonds is 7. The summed E-state index contributed by atoms with van der Waals surface area (Å²) in [4.78, 5) is 38.8. The van der Waals surface area contributed by atoms with Gasteiger partial charge in [0.05, 0.1) is 20.8 Å². The topological polar surface area (TPSA) is 103 Å². The predicted molar refractivity (Wildman–Crippen MR) is 92.5 cm³/mol. The van der Waals surface area contributed by atoms with Crippen LogP contribution in [-0.4, -0.2) is 63.2 Å². The summed E-state index contributed by atoms with van der Waals surface area (Å²) in [7, 11) is 4.42. The lowest BCUT2D eigenvalue weighted by molar-refractivity contribution is -0.145. The molecule has 0 radical (unpaired) electrons. The van der Waals surface area contributed by atoms with Gasteiger partial charge in [-0.2, -0.15) is 0 Å². The van der Waals surface area contributed by atoms with Crippen molar-refractivity contribution in [1.82, 2.24) is 10.2 Å². The molecule has 9 heteroatoms. The third-order valence-electron chi connectivity index (χ3n) is 4.68. The molecule has 1 aromatic carbocycles. The summed E-state index contributed by atoms with van der Waals surface area (Å²) in [6.07, 6.45) is -0.409. The van der Waals surface area contributed by atoms with Gasteiger partial charge in [-0.05, 0) is 18.6 Å². The van der Waals surface area contributed by atoms with E-state index in [0.29, 0.717) is 30.9 Å². The molecule has 0 bridgehead atoms. The van der Waals surface area contributed by atoms with E-state index < -0.39 is 18.2 Å². The van der Waals surface area contributed by atoms with Crippen LogP contribution in [0, 0.1) is 0 Å². The second kappa shape index (κ2) is 7.83. The van der Waals surface area contributed by atoms with Crippen LogP contribution in [0.2, 0.25) is 0 Å². The summed E-state index contributed by atoms with van der Waals surface area (Å²) in [5.41, 5.74) is 0.683. The van der Waals surface area contributed by atoms with Crippen LogP contribution in [-0.2, 0) is 19.1 Å². The number of amides is 2. The summed E-state index contributed by atoms with van der Waals surface area (Å²) in [5.74, 6) is -0.542. The monoisotopic (exact) mass is 378 g/mol. The highest BCUT2D eigenvalue weighted by molar-refractivity contribution is 5.99. The number of hydrogen-bond donors (Lipinski definition) is 1. The van der Waals surface area contributed by atoms with E-state index in [1.807, 2.05) is 0 Å². The Morgan fingerprint density at radius 2 is 2.04 bits per heavy atom. The Kier molecular flexibility index (Phi) is 5.50. The van der Waals surface area contributed by atoms with Crippen molar-refractivity contribution < 1.29 is 33.3 Å². The van der Waals surface area contributed by atoms with Gasteiger partial charge in [-0.15, -0.1) is 0 Å². The molecule has 2 atom stereocenters. The first kappa shape index (κ1) is 19.0. The minimum atomic E-state index is -0.972. The fourth-order valence-electron chi connectivity index (χ4n) is 3.44. The van der Waals surface area contributed by atoms with Crippen LogP contribution in [0.4, 0.5) is 0 Å². The maximum atomic E-state index is 12.5. The summed E-state index contributed by atoms with van der Waals surface area (Å²) < 4.78 is 20.9. The number of benzene rings is 1. The minimum absolute atomic E-state index is 0.207. The Bertz CT molecular complexity index is 764. The van der Waals surface area contributed by atoms with Crippen molar-refractivity contribution >= 4 is 17.8 Å². The zero-order chi connectivity index (χ0) is 19.6. The number of hydrogen-bond acceptors (Lipinski definition) is 7. The van der Waals surface area contributed by atoms with Gasteiger partial charge in [-0.3, -0.25) is 14.5 Å². The third kappa shape index (κ3) is 3.30. The van der Waals surface area contributed by atoms with Crippen molar-refractivity contribution in [3.63, 3.8) is 0 Å². The van der Waals surface area contributed by atoms with E-state index in [-0.39, 0.29) is 29.5 Å². The minimum Gasteiger partial charge on any atom is -0.493 e. The number of nitrogens with zero attached hydrogens (tertiary/aromatic N) is 1. The number of nitrogens with one attached hydrogen (secondary N) is 1. The van der Waals surface area contributed by atoms with Gasteiger partial charge in [-0.1, -0.05) is 0 Å². The largest absolute Gasteiger partial charge is 0.493 e. The number of carbonyl (C=O) groups excluding carboxylic acids is 3. The maximum absolute atomic E-state index is 12.5. The van der Waals surface area contributed by atoms with Crippen molar-refractivity contribution in [2.45, 2.75) is 25.1 Å². The first-order chi connectivity index (χ1) is 13.0. The van der Waals surface area contributed by atoms with Crippen LogP contribution < -0.4 is 14.8 Å². The van der Waals surface area contributed by atoms with Crippen LogP contribution in [0.15, 0.2) is 12.1 Å². The molecule has 3 rings (SSSR count). The average Bonchev–Trinajstić information content (AvgIpc) is 3.21. The molecule has 27 heavy (non-hydrogen) atoms. The number of cyclic esters (lactones) is 1. The number of esters is 1.